The van der Waals surface area contributed by atoms with E-state index >= 15 is 0 Å². The van der Waals surface area contributed by atoms with Crippen molar-refractivity contribution < 1.29 is 17.0 Å². The molecule has 20 heavy (non-hydrogen) atoms. The van der Waals surface area contributed by atoms with Crippen LogP contribution < -0.4 is 9.92 Å². The summed E-state index contributed by atoms with van der Waals surface area (Å²) in [6.07, 6.45) is 0. The lowest BCUT2D eigenvalue weighted by Gasteiger charge is -2.08. The smallest absolute Gasteiger partial charge is 0.339 e. The number of benzene rings is 2. The van der Waals surface area contributed by atoms with Crippen molar-refractivity contribution in [1.82, 2.24) is 0 Å². The van der Waals surface area contributed by atoms with E-state index in [4.69, 9.17) is 21.5 Å². The zero-order valence-electron chi connectivity index (χ0n) is 10.2. The van der Waals surface area contributed by atoms with Gasteiger partial charge in [-0.2, -0.15) is 8.42 Å². The number of nitrogens with two attached hydrogens (primary N) is 1. The zero-order chi connectivity index (χ0) is 14.8. The Kier molecular flexibility index (Phi) is 4.27. The molecule has 2 rings (SSSR count). The molecule has 2 N–H and O–H groups in total. The van der Waals surface area contributed by atoms with Crippen molar-refractivity contribution in [3.8, 4) is 5.75 Å². The van der Waals surface area contributed by atoms with Gasteiger partial charge in [-0.1, -0.05) is 23.7 Å². The van der Waals surface area contributed by atoms with Crippen LogP contribution in [0.1, 0.15) is 5.56 Å². The minimum atomic E-state index is -4.02. The second kappa shape index (κ2) is 5.78. The Bertz CT molecular complexity index is 717. The molecule has 0 aromatic heterocycles. The third-order valence-corrected chi connectivity index (χ3v) is 4.09. The van der Waals surface area contributed by atoms with E-state index in [0.29, 0.717) is 6.54 Å². The highest BCUT2D eigenvalue weighted by Crippen LogP contribution is 2.28. The Morgan fingerprint density at radius 3 is 2.35 bits per heavy atom. The molecule has 2 aromatic rings. The average Bonchev–Trinajstić information content (AvgIpc) is 2.42. The summed E-state index contributed by atoms with van der Waals surface area (Å²) >= 11 is 5.72. The van der Waals surface area contributed by atoms with Crippen molar-refractivity contribution in [3.63, 3.8) is 0 Å². The van der Waals surface area contributed by atoms with Gasteiger partial charge in [-0.05, 0) is 35.9 Å². The molecule has 0 atom stereocenters. The molecule has 106 valence electrons. The molecule has 0 aliphatic rings. The number of rotatable bonds is 4. The Labute approximate surface area is 121 Å². The van der Waals surface area contributed by atoms with Crippen molar-refractivity contribution in [2.24, 2.45) is 5.73 Å². The third kappa shape index (κ3) is 3.27. The summed E-state index contributed by atoms with van der Waals surface area (Å²) in [7, 11) is -4.02. The van der Waals surface area contributed by atoms with Crippen LogP contribution in [0.25, 0.3) is 0 Å². The first-order valence-electron chi connectivity index (χ1n) is 5.61. The summed E-state index contributed by atoms with van der Waals surface area (Å²) in [5, 5.41) is -0.118. The first-order chi connectivity index (χ1) is 9.42. The molecule has 7 heteroatoms. The highest BCUT2D eigenvalue weighted by molar-refractivity contribution is 7.87. The molecule has 0 aliphatic heterocycles. The van der Waals surface area contributed by atoms with E-state index in [0.717, 1.165) is 23.8 Å². The molecule has 0 unspecified atom stereocenters. The average molecular weight is 316 g/mol. The Hall–Kier alpha value is -1.63. The topological polar surface area (TPSA) is 69.4 Å². The summed E-state index contributed by atoms with van der Waals surface area (Å²) < 4.78 is 41.8. The fourth-order valence-corrected chi connectivity index (χ4v) is 2.70. The van der Waals surface area contributed by atoms with Gasteiger partial charge in [-0.25, -0.2) is 4.39 Å². The van der Waals surface area contributed by atoms with Gasteiger partial charge >= 0.3 is 10.1 Å². The predicted molar refractivity (Wildman–Crippen MR) is 73.6 cm³/mol. The lowest BCUT2D eigenvalue weighted by Crippen LogP contribution is -2.10. The van der Waals surface area contributed by atoms with Crippen molar-refractivity contribution >= 4 is 21.7 Å². The van der Waals surface area contributed by atoms with Crippen molar-refractivity contribution in [3.05, 3.63) is 58.9 Å². The van der Waals surface area contributed by atoms with E-state index < -0.39 is 15.9 Å². The lowest BCUT2D eigenvalue weighted by molar-refractivity contribution is 0.485. The molecule has 0 saturated carbocycles. The largest absolute Gasteiger partial charge is 0.377 e. The summed E-state index contributed by atoms with van der Waals surface area (Å²) in [6, 6.07) is 9.14. The van der Waals surface area contributed by atoms with Crippen LogP contribution in [-0.4, -0.2) is 8.42 Å². The SMILES string of the molecule is NCc1ccc(S(=O)(=O)Oc2ccc(F)cc2Cl)cc1. The van der Waals surface area contributed by atoms with Gasteiger partial charge in [0.1, 0.15) is 10.7 Å². The number of halogens is 2. The van der Waals surface area contributed by atoms with Gasteiger partial charge in [-0.3, -0.25) is 0 Å². The Morgan fingerprint density at radius 2 is 1.80 bits per heavy atom. The molecule has 0 saturated heterocycles. The number of hydrogen-bond donors (Lipinski definition) is 1. The first kappa shape index (κ1) is 14.8. The fourth-order valence-electron chi connectivity index (χ4n) is 1.50. The van der Waals surface area contributed by atoms with Gasteiger partial charge in [-0.15, -0.1) is 0 Å². The molecule has 4 nitrogen and oxygen atoms in total. The summed E-state index contributed by atoms with van der Waals surface area (Å²) in [4.78, 5) is -0.0323. The highest BCUT2D eigenvalue weighted by atomic mass is 35.5. The molecule has 0 amide bonds. The van der Waals surface area contributed by atoms with E-state index in [-0.39, 0.29) is 15.7 Å². The third-order valence-electron chi connectivity index (χ3n) is 2.54. The standard InChI is InChI=1S/C13H11ClFNO3S/c14-12-7-10(15)3-6-13(12)19-20(17,18)11-4-1-9(8-16)2-5-11/h1-7H,8,16H2. The minimum Gasteiger partial charge on any atom is -0.377 e. The minimum absolute atomic E-state index is 0.0323. The summed E-state index contributed by atoms with van der Waals surface area (Å²) in [5.74, 6) is -0.706. The van der Waals surface area contributed by atoms with E-state index in [1.54, 1.807) is 12.1 Å². The fraction of sp³-hybridized carbons (Fsp3) is 0.0769. The van der Waals surface area contributed by atoms with Gasteiger partial charge in [0.2, 0.25) is 0 Å². The van der Waals surface area contributed by atoms with Crippen LogP contribution in [0.5, 0.6) is 5.75 Å². The van der Waals surface area contributed by atoms with Crippen LogP contribution >= 0.6 is 11.6 Å². The molecular formula is C13H11ClFNO3S. The van der Waals surface area contributed by atoms with Crippen molar-refractivity contribution in [1.29, 1.82) is 0 Å². The zero-order valence-corrected chi connectivity index (χ0v) is 11.8. The van der Waals surface area contributed by atoms with Gasteiger partial charge < -0.3 is 9.92 Å². The monoisotopic (exact) mass is 315 g/mol. The molecule has 0 bridgehead atoms. The molecule has 0 fully saturated rings. The normalized spacial score (nSPS) is 11.3. The second-order valence-electron chi connectivity index (χ2n) is 3.96. The summed E-state index contributed by atoms with van der Waals surface area (Å²) in [6.45, 7) is 0.310. The maximum absolute atomic E-state index is 12.9. The Morgan fingerprint density at radius 1 is 1.15 bits per heavy atom. The molecule has 2 aromatic carbocycles. The van der Waals surface area contributed by atoms with Gasteiger partial charge in [0.25, 0.3) is 0 Å². The lowest BCUT2D eigenvalue weighted by atomic mass is 10.2. The first-order valence-corrected chi connectivity index (χ1v) is 7.39. The van der Waals surface area contributed by atoms with Crippen LogP contribution in [0.3, 0.4) is 0 Å². The summed E-state index contributed by atoms with van der Waals surface area (Å²) in [5.41, 5.74) is 6.23. The molecule has 0 spiro atoms. The van der Waals surface area contributed by atoms with Gasteiger partial charge in [0.15, 0.2) is 5.75 Å². The molecule has 0 radical (unpaired) electrons. The van der Waals surface area contributed by atoms with Crippen LogP contribution in [0.2, 0.25) is 5.02 Å². The molecular weight excluding hydrogens is 305 g/mol. The maximum Gasteiger partial charge on any atom is 0.339 e. The number of hydrogen-bond acceptors (Lipinski definition) is 4. The molecule has 0 aliphatic carbocycles. The van der Waals surface area contributed by atoms with Crippen LogP contribution in [0, 0.1) is 5.82 Å². The van der Waals surface area contributed by atoms with Crippen LogP contribution in [-0.2, 0) is 16.7 Å². The highest BCUT2D eigenvalue weighted by Gasteiger charge is 2.18. The van der Waals surface area contributed by atoms with E-state index in [2.05, 4.69) is 0 Å². The quantitative estimate of drug-likeness (QED) is 0.881. The second-order valence-corrected chi connectivity index (χ2v) is 5.91. The van der Waals surface area contributed by atoms with Gasteiger partial charge in [0.05, 0.1) is 5.02 Å². The molecule has 0 heterocycles. The van der Waals surface area contributed by atoms with E-state index in [9.17, 15) is 12.8 Å². The predicted octanol–water partition coefficient (Wildman–Crippen LogP) is 2.71. The van der Waals surface area contributed by atoms with Crippen molar-refractivity contribution in [2.45, 2.75) is 11.4 Å². The van der Waals surface area contributed by atoms with E-state index in [1.165, 1.54) is 12.1 Å². The van der Waals surface area contributed by atoms with Crippen LogP contribution in [0.4, 0.5) is 4.39 Å². The van der Waals surface area contributed by atoms with Crippen LogP contribution in [0.15, 0.2) is 47.4 Å². The maximum atomic E-state index is 12.9. The van der Waals surface area contributed by atoms with Crippen molar-refractivity contribution in [2.75, 3.05) is 0 Å². The van der Waals surface area contributed by atoms with E-state index in [1.807, 2.05) is 0 Å². The Balaban J connectivity index is 2.30. The van der Waals surface area contributed by atoms with Gasteiger partial charge in [0, 0.05) is 6.54 Å².